The molecule has 0 aliphatic carbocycles. The van der Waals surface area contributed by atoms with Gasteiger partial charge >= 0.3 is 0 Å². The van der Waals surface area contributed by atoms with Crippen molar-refractivity contribution in [1.29, 1.82) is 0 Å². The molecule has 3 aliphatic rings. The zero-order valence-electron chi connectivity index (χ0n) is 25.4. The van der Waals surface area contributed by atoms with E-state index in [2.05, 4.69) is 22.2 Å². The number of nitrogens with zero attached hydrogens (tertiary/aromatic N) is 4. The van der Waals surface area contributed by atoms with E-state index in [9.17, 15) is 39.9 Å². The first-order chi connectivity index (χ1) is 21.2. The van der Waals surface area contributed by atoms with Crippen molar-refractivity contribution in [3.8, 4) is 0 Å². The summed E-state index contributed by atoms with van der Waals surface area (Å²) in [5.74, 6) is -1.68. The number of aliphatic hydroxyl groups excluding tert-OH is 5. The highest BCUT2D eigenvalue weighted by Crippen LogP contribution is 2.60. The van der Waals surface area contributed by atoms with Crippen molar-refractivity contribution in [3.63, 3.8) is 0 Å². The SMILES string of the molecule is C=CCN1C(=O)[C@@]2(O[C@@H](CCn3cc(CCO)nn3)[C@H]([Si](C)(C)O)[C@H]2C)c2cc(NC(=O)[C@H]3O[C@@H](O)[C@H](O)[C@@H](O)[C@@H]3O)ccc21. The van der Waals surface area contributed by atoms with E-state index in [0.29, 0.717) is 36.3 Å². The summed E-state index contributed by atoms with van der Waals surface area (Å²) in [6.45, 7) is 9.84. The summed E-state index contributed by atoms with van der Waals surface area (Å²) in [7, 11) is -2.95. The quantitative estimate of drug-likeness (QED) is 0.122. The van der Waals surface area contributed by atoms with Crippen molar-refractivity contribution in [2.45, 2.75) is 87.4 Å². The Balaban J connectivity index is 1.47. The highest BCUT2D eigenvalue weighted by Gasteiger charge is 2.66. The van der Waals surface area contributed by atoms with Crippen LogP contribution in [0.25, 0.3) is 0 Å². The van der Waals surface area contributed by atoms with E-state index in [0.717, 1.165) is 0 Å². The van der Waals surface area contributed by atoms with Gasteiger partial charge in [-0.15, -0.1) is 11.7 Å². The molecule has 2 amide bonds. The number of hydrogen-bond acceptors (Lipinski definition) is 12. The first-order valence-electron chi connectivity index (χ1n) is 14.9. The number of ether oxygens (including phenoxy) is 2. The third kappa shape index (κ3) is 5.86. The Morgan fingerprint density at radius 1 is 1.20 bits per heavy atom. The minimum absolute atomic E-state index is 0.0523. The fraction of sp³-hybridized carbons (Fsp3) is 0.586. The van der Waals surface area contributed by atoms with Gasteiger partial charge in [0.1, 0.15) is 18.3 Å². The van der Waals surface area contributed by atoms with Crippen molar-refractivity contribution in [2.75, 3.05) is 23.4 Å². The molecule has 5 rings (SSSR count). The van der Waals surface area contributed by atoms with Gasteiger partial charge in [-0.2, -0.15) is 0 Å². The lowest BCUT2D eigenvalue weighted by atomic mass is 9.82. The summed E-state index contributed by atoms with van der Waals surface area (Å²) >= 11 is 0. The van der Waals surface area contributed by atoms with Gasteiger partial charge in [0, 0.05) is 55.0 Å². The maximum Gasteiger partial charge on any atom is 0.264 e. The van der Waals surface area contributed by atoms with Gasteiger partial charge in [0.05, 0.1) is 17.5 Å². The largest absolute Gasteiger partial charge is 0.432 e. The average molecular weight is 648 g/mol. The van der Waals surface area contributed by atoms with E-state index in [-0.39, 0.29) is 30.3 Å². The molecule has 1 aromatic heterocycles. The normalized spacial score (nSPS) is 33.1. The van der Waals surface area contributed by atoms with E-state index >= 15 is 0 Å². The summed E-state index contributed by atoms with van der Waals surface area (Å²) < 4.78 is 13.5. The second-order valence-corrected chi connectivity index (χ2v) is 16.4. The average Bonchev–Trinajstić information content (AvgIpc) is 3.63. The van der Waals surface area contributed by atoms with Crippen molar-refractivity contribution in [1.82, 2.24) is 15.0 Å². The molecular weight excluding hydrogens is 606 g/mol. The number of fused-ring (bicyclic) bond motifs is 2. The third-order valence-corrected chi connectivity index (χ3v) is 11.5. The Morgan fingerprint density at radius 3 is 2.60 bits per heavy atom. The number of nitrogens with one attached hydrogen (secondary N) is 1. The molecule has 15 nitrogen and oxygen atoms in total. The van der Waals surface area contributed by atoms with Crippen LogP contribution in [-0.2, 0) is 37.6 Å². The van der Waals surface area contributed by atoms with Gasteiger partial charge in [-0.1, -0.05) is 18.2 Å². The van der Waals surface area contributed by atoms with E-state index in [4.69, 9.17) is 9.47 Å². The highest BCUT2D eigenvalue weighted by molar-refractivity contribution is 6.71. The number of aryl methyl sites for hydroxylation is 1. The summed E-state index contributed by atoms with van der Waals surface area (Å²) in [4.78, 5) is 40.4. The van der Waals surface area contributed by atoms with Crippen molar-refractivity contribution in [2.24, 2.45) is 5.92 Å². The Labute approximate surface area is 260 Å². The number of carbonyl (C=O) groups is 2. The molecular formula is C29H41N5O10Si. The van der Waals surface area contributed by atoms with E-state index in [1.165, 1.54) is 0 Å². The first kappa shape index (κ1) is 33.3. The number of aliphatic hydroxyl groups is 5. The zero-order valence-corrected chi connectivity index (χ0v) is 26.4. The van der Waals surface area contributed by atoms with Crippen LogP contribution >= 0.6 is 0 Å². The molecule has 0 unspecified atom stereocenters. The van der Waals surface area contributed by atoms with Gasteiger partial charge in [-0.05, 0) is 37.7 Å². The highest BCUT2D eigenvalue weighted by atomic mass is 28.4. The van der Waals surface area contributed by atoms with Crippen LogP contribution in [0.1, 0.15) is 24.6 Å². The molecule has 2 fully saturated rings. The zero-order chi connectivity index (χ0) is 32.8. The van der Waals surface area contributed by atoms with Gasteiger partial charge in [0.2, 0.25) is 0 Å². The number of hydrogen-bond donors (Lipinski definition) is 7. The molecule has 3 aliphatic heterocycles. The standard InChI is InChI=1S/C29H41N5O10Si/c1-5-10-34-19-7-6-16(30-26(39)24-22(37)21(36)23(38)27(40)43-24)13-18(19)29(28(34)41)15(2)25(45(3,4)42)20(44-29)8-11-33-14-17(9-12-35)31-32-33/h5-7,13-15,20-25,27,35-38,40,42H,1,8-12H2,2-4H3,(H,30,39)/t15-,20+,21+,22+,23-,24+,25-,27-,29+/m1/s1. The number of anilines is 2. The summed E-state index contributed by atoms with van der Waals surface area (Å²) in [6, 6.07) is 4.82. The second kappa shape index (κ2) is 12.6. The van der Waals surface area contributed by atoms with Crippen molar-refractivity contribution >= 4 is 31.5 Å². The maximum atomic E-state index is 14.3. The van der Waals surface area contributed by atoms with Crippen molar-refractivity contribution < 1.29 is 49.4 Å². The second-order valence-electron chi connectivity index (χ2n) is 12.4. The number of aromatic nitrogens is 3. The number of benzene rings is 1. The molecule has 0 radical (unpaired) electrons. The van der Waals surface area contributed by atoms with Gasteiger partial charge in [0.15, 0.2) is 26.3 Å². The monoisotopic (exact) mass is 647 g/mol. The molecule has 4 heterocycles. The summed E-state index contributed by atoms with van der Waals surface area (Å²) in [5, 5.41) is 60.0. The predicted molar refractivity (Wildman–Crippen MR) is 161 cm³/mol. The Morgan fingerprint density at radius 2 is 1.93 bits per heavy atom. The maximum absolute atomic E-state index is 14.3. The minimum Gasteiger partial charge on any atom is -0.432 e. The summed E-state index contributed by atoms with van der Waals surface area (Å²) in [5.41, 5.74) is 0.0447. The van der Waals surface area contributed by atoms with Crippen LogP contribution in [0.5, 0.6) is 0 Å². The van der Waals surface area contributed by atoms with Crippen LogP contribution in [0.15, 0.2) is 37.1 Å². The predicted octanol–water partition coefficient (Wildman–Crippen LogP) is -1.03. The van der Waals surface area contributed by atoms with Crippen LogP contribution in [0.2, 0.25) is 18.6 Å². The lowest BCUT2D eigenvalue weighted by Crippen LogP contribution is -2.60. The van der Waals surface area contributed by atoms with Crippen molar-refractivity contribution in [3.05, 3.63) is 48.3 Å². The molecule has 7 N–H and O–H groups in total. The Kier molecular flexibility index (Phi) is 9.34. The number of amides is 2. The van der Waals surface area contributed by atoms with Gasteiger partial charge in [-0.3, -0.25) is 14.3 Å². The lowest BCUT2D eigenvalue weighted by Gasteiger charge is -2.37. The van der Waals surface area contributed by atoms with Gasteiger partial charge in [0.25, 0.3) is 11.8 Å². The smallest absolute Gasteiger partial charge is 0.264 e. The van der Waals surface area contributed by atoms with Crippen LogP contribution in [-0.4, -0.2) is 115 Å². The first-order valence-corrected chi connectivity index (χ1v) is 17.9. The lowest BCUT2D eigenvalue weighted by molar-refractivity contribution is -0.274. The molecule has 2 aromatic rings. The number of carbonyl (C=O) groups excluding carboxylic acids is 2. The molecule has 2 saturated heterocycles. The van der Waals surface area contributed by atoms with Crippen LogP contribution < -0.4 is 10.2 Å². The number of rotatable bonds is 10. The fourth-order valence-electron chi connectivity index (χ4n) is 6.96. The molecule has 0 saturated carbocycles. The molecule has 1 spiro atoms. The Hall–Kier alpha value is -3.06. The van der Waals surface area contributed by atoms with E-state index < -0.39 is 62.6 Å². The van der Waals surface area contributed by atoms with Crippen LogP contribution in [0, 0.1) is 5.92 Å². The molecule has 246 valence electrons. The van der Waals surface area contributed by atoms with Gasteiger partial charge < -0.3 is 50.0 Å². The third-order valence-electron chi connectivity index (χ3n) is 9.01. The van der Waals surface area contributed by atoms with E-state index in [1.807, 2.05) is 20.0 Å². The Bertz CT molecular complexity index is 1430. The van der Waals surface area contributed by atoms with Crippen LogP contribution in [0.3, 0.4) is 0 Å². The summed E-state index contributed by atoms with van der Waals surface area (Å²) in [6.07, 6.45) is -5.40. The molecule has 0 bridgehead atoms. The molecule has 16 heteroatoms. The van der Waals surface area contributed by atoms with Crippen LogP contribution in [0.4, 0.5) is 11.4 Å². The topological polar surface area (TPSA) is 220 Å². The fourth-order valence-corrected chi connectivity index (χ4v) is 9.57. The molecule has 9 atom stereocenters. The van der Waals surface area contributed by atoms with Gasteiger partial charge in [-0.25, -0.2) is 0 Å². The molecule has 45 heavy (non-hydrogen) atoms. The molecule has 1 aromatic carbocycles. The minimum atomic E-state index is -2.95. The van der Waals surface area contributed by atoms with E-state index in [1.54, 1.807) is 40.1 Å².